The van der Waals surface area contributed by atoms with Crippen molar-refractivity contribution < 1.29 is 23.8 Å². The summed E-state index contributed by atoms with van der Waals surface area (Å²) in [6, 6.07) is 6.64. The molecule has 35 heavy (non-hydrogen) atoms. The molecule has 0 aliphatic rings. The summed E-state index contributed by atoms with van der Waals surface area (Å²) in [5.41, 5.74) is 3.24. The summed E-state index contributed by atoms with van der Waals surface area (Å²) in [4.78, 5) is 40.8. The van der Waals surface area contributed by atoms with Crippen molar-refractivity contribution in [1.82, 2.24) is 19.9 Å². The number of Topliss-reactive ketones (excluding diaryl/α,β-unsaturated/α-hetero) is 1. The predicted octanol–water partition coefficient (Wildman–Crippen LogP) is 3.51. The molecule has 0 saturated carbocycles. The van der Waals surface area contributed by atoms with E-state index < -0.39 is 6.04 Å². The van der Waals surface area contributed by atoms with E-state index in [1.54, 1.807) is 31.8 Å². The van der Waals surface area contributed by atoms with Gasteiger partial charge in [0.15, 0.2) is 5.78 Å². The molecule has 0 fully saturated rings. The summed E-state index contributed by atoms with van der Waals surface area (Å²) in [6.45, 7) is 1.64. The second-order valence-corrected chi connectivity index (χ2v) is 7.71. The number of ether oxygens (including phenoxy) is 3. The normalized spacial score (nSPS) is 11.6. The Labute approximate surface area is 201 Å². The zero-order chi connectivity index (χ0) is 24.8. The standard InChI is InChI=1S/C25H25N5O5/c1-15(31)35-7-6-16-4-5-21-19(8-16)20(12-27-21)25(32)24(22-13-29-23(34-3)14-28-22)30-17-9-18(33-2)11-26-10-17/h4-5,8-14,24,27,30H,6-7H2,1-3H3. The Morgan fingerprint density at radius 3 is 2.63 bits per heavy atom. The van der Waals surface area contributed by atoms with Crippen molar-refractivity contribution in [1.29, 1.82) is 0 Å². The van der Waals surface area contributed by atoms with E-state index >= 15 is 0 Å². The molecule has 0 aliphatic carbocycles. The third-order valence-electron chi connectivity index (χ3n) is 5.38. The summed E-state index contributed by atoms with van der Waals surface area (Å²) >= 11 is 0. The highest BCUT2D eigenvalue weighted by Gasteiger charge is 2.26. The first-order valence-corrected chi connectivity index (χ1v) is 10.9. The van der Waals surface area contributed by atoms with E-state index in [4.69, 9.17) is 14.2 Å². The van der Waals surface area contributed by atoms with Crippen LogP contribution in [0.2, 0.25) is 0 Å². The number of esters is 1. The van der Waals surface area contributed by atoms with Gasteiger partial charge in [0.05, 0.1) is 57.0 Å². The molecule has 10 heteroatoms. The minimum absolute atomic E-state index is 0.212. The van der Waals surface area contributed by atoms with E-state index in [1.807, 2.05) is 18.2 Å². The average Bonchev–Trinajstić information content (AvgIpc) is 3.30. The SMILES string of the molecule is COc1cncc(NC(C(=O)c2c[nH]c3ccc(CCOC(C)=O)cc23)c2cnc(OC)cn2)c1. The number of carbonyl (C=O) groups excluding carboxylic acids is 2. The van der Waals surface area contributed by atoms with Crippen molar-refractivity contribution in [3.8, 4) is 11.6 Å². The zero-order valence-corrected chi connectivity index (χ0v) is 19.6. The number of aromatic nitrogens is 4. The fourth-order valence-electron chi connectivity index (χ4n) is 3.63. The minimum Gasteiger partial charge on any atom is -0.495 e. The van der Waals surface area contributed by atoms with Gasteiger partial charge in [-0.1, -0.05) is 6.07 Å². The van der Waals surface area contributed by atoms with Crippen LogP contribution in [0.4, 0.5) is 5.69 Å². The molecule has 1 atom stereocenters. The quantitative estimate of drug-likeness (QED) is 0.261. The number of hydrogen-bond acceptors (Lipinski definition) is 9. The van der Waals surface area contributed by atoms with Crippen molar-refractivity contribution in [3.05, 3.63) is 72.1 Å². The number of carbonyl (C=O) groups is 2. The van der Waals surface area contributed by atoms with E-state index in [1.165, 1.54) is 26.4 Å². The van der Waals surface area contributed by atoms with Gasteiger partial charge >= 0.3 is 5.97 Å². The highest BCUT2D eigenvalue weighted by atomic mass is 16.5. The summed E-state index contributed by atoms with van der Waals surface area (Å²) in [5, 5.41) is 3.97. The fraction of sp³-hybridized carbons (Fsp3) is 0.240. The Hall–Kier alpha value is -4.47. The number of nitrogens with one attached hydrogen (secondary N) is 2. The molecule has 0 bridgehead atoms. The predicted molar refractivity (Wildman–Crippen MR) is 129 cm³/mol. The van der Waals surface area contributed by atoms with E-state index in [-0.39, 0.29) is 18.4 Å². The van der Waals surface area contributed by atoms with Gasteiger partial charge < -0.3 is 24.5 Å². The minimum atomic E-state index is -0.856. The van der Waals surface area contributed by atoms with Crippen LogP contribution in [0.15, 0.2) is 55.2 Å². The van der Waals surface area contributed by atoms with Crippen molar-refractivity contribution in [2.75, 3.05) is 26.1 Å². The molecule has 0 aliphatic heterocycles. The Bertz CT molecular complexity index is 1340. The number of anilines is 1. The van der Waals surface area contributed by atoms with Gasteiger partial charge in [0, 0.05) is 42.1 Å². The lowest BCUT2D eigenvalue weighted by molar-refractivity contribution is -0.140. The summed E-state index contributed by atoms with van der Waals surface area (Å²) in [7, 11) is 3.04. The van der Waals surface area contributed by atoms with Crippen LogP contribution in [0.25, 0.3) is 10.9 Å². The molecule has 3 aromatic heterocycles. The lowest BCUT2D eigenvalue weighted by atomic mass is 9.99. The number of hydrogen-bond donors (Lipinski definition) is 2. The first-order chi connectivity index (χ1) is 17.0. The maximum Gasteiger partial charge on any atom is 0.302 e. The van der Waals surface area contributed by atoms with Crippen LogP contribution >= 0.6 is 0 Å². The van der Waals surface area contributed by atoms with E-state index in [9.17, 15) is 9.59 Å². The molecule has 0 radical (unpaired) electrons. The molecule has 3 heterocycles. The molecule has 0 saturated heterocycles. The highest BCUT2D eigenvalue weighted by molar-refractivity contribution is 6.11. The van der Waals surface area contributed by atoms with Crippen LogP contribution in [-0.2, 0) is 16.0 Å². The molecule has 10 nitrogen and oxygen atoms in total. The van der Waals surface area contributed by atoms with Crippen LogP contribution in [-0.4, -0.2) is 52.5 Å². The van der Waals surface area contributed by atoms with Gasteiger partial charge in [0.25, 0.3) is 0 Å². The molecule has 0 spiro atoms. The Morgan fingerprint density at radius 1 is 1.06 bits per heavy atom. The Kier molecular flexibility index (Phi) is 7.20. The number of rotatable bonds is 10. The zero-order valence-electron chi connectivity index (χ0n) is 19.6. The van der Waals surface area contributed by atoms with E-state index in [2.05, 4.69) is 25.3 Å². The number of ketones is 1. The molecule has 1 unspecified atom stereocenters. The Balaban J connectivity index is 1.69. The first kappa shape index (κ1) is 23.7. The van der Waals surface area contributed by atoms with E-state index in [0.717, 1.165) is 16.5 Å². The number of pyridine rings is 1. The van der Waals surface area contributed by atoms with Crippen LogP contribution in [0.1, 0.15) is 34.6 Å². The Morgan fingerprint density at radius 2 is 1.91 bits per heavy atom. The van der Waals surface area contributed by atoms with Gasteiger partial charge in [-0.05, 0) is 17.7 Å². The van der Waals surface area contributed by atoms with Gasteiger partial charge in [0.1, 0.15) is 11.8 Å². The lowest BCUT2D eigenvalue weighted by Gasteiger charge is -2.18. The van der Waals surface area contributed by atoms with Crippen LogP contribution in [0.3, 0.4) is 0 Å². The van der Waals surface area contributed by atoms with Gasteiger partial charge in [0.2, 0.25) is 5.88 Å². The summed E-state index contributed by atoms with van der Waals surface area (Å²) < 4.78 is 15.4. The molecular weight excluding hydrogens is 450 g/mol. The van der Waals surface area contributed by atoms with E-state index in [0.29, 0.717) is 35.0 Å². The van der Waals surface area contributed by atoms with Crippen molar-refractivity contribution >= 4 is 28.3 Å². The third-order valence-corrected chi connectivity index (χ3v) is 5.38. The second kappa shape index (κ2) is 10.6. The highest BCUT2D eigenvalue weighted by Crippen LogP contribution is 2.28. The summed E-state index contributed by atoms with van der Waals surface area (Å²) in [5.74, 6) is 0.347. The molecule has 1 aromatic carbocycles. The maximum absolute atomic E-state index is 13.8. The number of benzene rings is 1. The van der Waals surface area contributed by atoms with Gasteiger partial charge in [-0.15, -0.1) is 0 Å². The monoisotopic (exact) mass is 475 g/mol. The number of fused-ring (bicyclic) bond motifs is 1. The van der Waals surface area contributed by atoms with Crippen molar-refractivity contribution in [2.45, 2.75) is 19.4 Å². The molecule has 180 valence electrons. The fourth-order valence-corrected chi connectivity index (χ4v) is 3.63. The maximum atomic E-state index is 13.8. The van der Waals surface area contributed by atoms with Gasteiger partial charge in [-0.3, -0.25) is 19.6 Å². The lowest BCUT2D eigenvalue weighted by Crippen LogP contribution is -2.22. The number of aromatic amines is 1. The van der Waals surface area contributed by atoms with Gasteiger partial charge in [-0.25, -0.2) is 4.98 Å². The first-order valence-electron chi connectivity index (χ1n) is 10.9. The number of H-pyrrole nitrogens is 1. The molecule has 2 N–H and O–H groups in total. The second-order valence-electron chi connectivity index (χ2n) is 7.71. The third kappa shape index (κ3) is 5.55. The largest absolute Gasteiger partial charge is 0.495 e. The molecule has 4 aromatic rings. The smallest absolute Gasteiger partial charge is 0.302 e. The molecule has 0 amide bonds. The van der Waals surface area contributed by atoms with Crippen LogP contribution in [0.5, 0.6) is 11.6 Å². The molecule has 4 rings (SSSR count). The number of nitrogens with zero attached hydrogens (tertiary/aromatic N) is 3. The van der Waals surface area contributed by atoms with Crippen molar-refractivity contribution in [3.63, 3.8) is 0 Å². The number of methoxy groups -OCH3 is 2. The van der Waals surface area contributed by atoms with Crippen LogP contribution in [0, 0.1) is 0 Å². The summed E-state index contributed by atoms with van der Waals surface area (Å²) in [6.07, 6.45) is 8.35. The van der Waals surface area contributed by atoms with Gasteiger partial charge in [-0.2, -0.15) is 0 Å². The topological polar surface area (TPSA) is 128 Å². The van der Waals surface area contributed by atoms with Crippen LogP contribution < -0.4 is 14.8 Å². The average molecular weight is 476 g/mol. The van der Waals surface area contributed by atoms with Crippen molar-refractivity contribution in [2.24, 2.45) is 0 Å². The molecular formula is C25H25N5O5.